The first kappa shape index (κ1) is 20.2. The number of thioether (sulfide) groups is 2. The van der Waals surface area contributed by atoms with E-state index in [1.165, 1.54) is 0 Å². The minimum absolute atomic E-state index is 0.221. The zero-order valence-electron chi connectivity index (χ0n) is 14.3. The van der Waals surface area contributed by atoms with Crippen LogP contribution in [0, 0.1) is 5.41 Å². The Bertz CT molecular complexity index is 645. The van der Waals surface area contributed by atoms with E-state index in [-0.39, 0.29) is 11.5 Å². The van der Waals surface area contributed by atoms with E-state index >= 15 is 0 Å². The highest BCUT2D eigenvalue weighted by Crippen LogP contribution is 2.19. The van der Waals surface area contributed by atoms with Gasteiger partial charge in [-0.25, -0.2) is 0 Å². The fraction of sp³-hybridized carbons (Fsp3) is 0.353. The molecule has 0 fully saturated rings. The topological polar surface area (TPSA) is 114 Å². The maximum absolute atomic E-state index is 9.63. The number of nitrogens with zero attached hydrogens (tertiary/aromatic N) is 2. The number of pyridine rings is 2. The van der Waals surface area contributed by atoms with Gasteiger partial charge in [0.1, 0.15) is 11.5 Å². The van der Waals surface area contributed by atoms with E-state index in [0.29, 0.717) is 41.9 Å². The van der Waals surface area contributed by atoms with Gasteiger partial charge in [0.25, 0.3) is 0 Å². The second kappa shape index (κ2) is 11.5. The molecule has 2 aromatic rings. The summed E-state index contributed by atoms with van der Waals surface area (Å²) in [4.78, 5) is 8.26. The fourth-order valence-corrected chi connectivity index (χ4v) is 3.59. The molecule has 2 rings (SSSR count). The van der Waals surface area contributed by atoms with Gasteiger partial charge in [-0.2, -0.15) is 23.5 Å². The molecule has 26 heavy (non-hydrogen) atoms. The summed E-state index contributed by atoms with van der Waals surface area (Å²) in [5.74, 6) is 3.66. The lowest BCUT2D eigenvalue weighted by molar-refractivity contribution is 0.466. The van der Waals surface area contributed by atoms with Crippen LogP contribution >= 0.6 is 23.5 Å². The van der Waals surface area contributed by atoms with E-state index in [0.717, 1.165) is 11.5 Å². The number of aromatic hydroxyl groups is 2. The Morgan fingerprint density at radius 1 is 0.885 bits per heavy atom. The van der Waals surface area contributed by atoms with Crippen LogP contribution in [-0.2, 0) is 11.5 Å². The lowest BCUT2D eigenvalue weighted by Crippen LogP contribution is -2.38. The average molecular weight is 394 g/mol. The molecule has 2 heterocycles. The third-order valence-electron chi connectivity index (χ3n) is 3.31. The molecular formula is C17H23N5O2S2. The van der Waals surface area contributed by atoms with Gasteiger partial charge in [-0.1, -0.05) is 0 Å². The lowest BCUT2D eigenvalue weighted by Gasteiger charge is -2.10. The minimum Gasteiger partial charge on any atom is -0.506 e. The molecule has 0 saturated heterocycles. The highest BCUT2D eigenvalue weighted by Gasteiger charge is 2.03. The average Bonchev–Trinajstić information content (AvgIpc) is 2.64. The van der Waals surface area contributed by atoms with Crippen molar-refractivity contribution < 1.29 is 10.2 Å². The molecule has 0 amide bonds. The number of hydrogen-bond donors (Lipinski definition) is 5. The van der Waals surface area contributed by atoms with E-state index in [1.807, 2.05) is 0 Å². The highest BCUT2D eigenvalue weighted by atomic mass is 32.2. The zero-order chi connectivity index (χ0) is 18.6. The van der Waals surface area contributed by atoms with Gasteiger partial charge < -0.3 is 20.8 Å². The number of guanidine groups is 1. The predicted octanol–water partition coefficient (Wildman–Crippen LogP) is 2.17. The van der Waals surface area contributed by atoms with Gasteiger partial charge in [0.05, 0.1) is 11.4 Å². The molecule has 5 N–H and O–H groups in total. The first-order valence-corrected chi connectivity index (χ1v) is 10.4. The molecule has 0 spiro atoms. The van der Waals surface area contributed by atoms with Crippen molar-refractivity contribution in [2.45, 2.75) is 11.5 Å². The quantitative estimate of drug-likeness (QED) is 0.237. The van der Waals surface area contributed by atoms with E-state index in [4.69, 9.17) is 5.41 Å². The molecule has 0 unspecified atom stereocenters. The maximum atomic E-state index is 9.63. The van der Waals surface area contributed by atoms with Crippen LogP contribution in [0.5, 0.6) is 11.5 Å². The molecule has 0 atom stereocenters. The summed E-state index contributed by atoms with van der Waals surface area (Å²) in [5, 5.41) is 33.1. The van der Waals surface area contributed by atoms with Crippen molar-refractivity contribution >= 4 is 29.5 Å². The van der Waals surface area contributed by atoms with Crippen LogP contribution in [0.25, 0.3) is 0 Å². The molecule has 2 aromatic heterocycles. The third kappa shape index (κ3) is 7.40. The number of nitrogens with one attached hydrogen (secondary N) is 3. The summed E-state index contributed by atoms with van der Waals surface area (Å²) in [6.07, 6.45) is 3.33. The molecule has 0 saturated carbocycles. The van der Waals surface area contributed by atoms with Crippen molar-refractivity contribution in [2.24, 2.45) is 0 Å². The van der Waals surface area contributed by atoms with Crippen LogP contribution in [0.1, 0.15) is 11.4 Å². The van der Waals surface area contributed by atoms with Crippen molar-refractivity contribution in [3.63, 3.8) is 0 Å². The Morgan fingerprint density at radius 2 is 1.35 bits per heavy atom. The molecule has 7 nitrogen and oxygen atoms in total. The fourth-order valence-electron chi connectivity index (χ4n) is 1.98. The van der Waals surface area contributed by atoms with Gasteiger partial charge in [0.2, 0.25) is 0 Å². The zero-order valence-corrected chi connectivity index (χ0v) is 15.9. The molecule has 0 aromatic carbocycles. The van der Waals surface area contributed by atoms with Crippen molar-refractivity contribution in [3.8, 4) is 11.5 Å². The van der Waals surface area contributed by atoms with Crippen LogP contribution in [-0.4, -0.2) is 50.7 Å². The molecule has 9 heteroatoms. The summed E-state index contributed by atoms with van der Waals surface area (Å²) in [6, 6.07) is 6.67. The van der Waals surface area contributed by atoms with Crippen LogP contribution < -0.4 is 10.6 Å². The predicted molar refractivity (Wildman–Crippen MR) is 108 cm³/mol. The van der Waals surface area contributed by atoms with Crippen molar-refractivity contribution in [2.75, 3.05) is 24.6 Å². The summed E-state index contributed by atoms with van der Waals surface area (Å²) in [5.41, 5.74) is 1.36. The van der Waals surface area contributed by atoms with Crippen molar-refractivity contribution in [1.82, 2.24) is 20.6 Å². The molecule has 0 radical (unpaired) electrons. The van der Waals surface area contributed by atoms with Crippen LogP contribution in [0.4, 0.5) is 0 Å². The highest BCUT2D eigenvalue weighted by molar-refractivity contribution is 7.98. The number of aromatic nitrogens is 2. The Morgan fingerprint density at radius 3 is 1.77 bits per heavy atom. The smallest absolute Gasteiger partial charge is 0.188 e. The lowest BCUT2D eigenvalue weighted by atomic mass is 10.3. The Hall–Kier alpha value is -2.13. The van der Waals surface area contributed by atoms with Gasteiger partial charge in [-0.3, -0.25) is 15.4 Å². The van der Waals surface area contributed by atoms with E-state index in [1.54, 1.807) is 60.2 Å². The first-order chi connectivity index (χ1) is 12.7. The molecular weight excluding hydrogens is 370 g/mol. The molecule has 0 aliphatic heterocycles. The normalized spacial score (nSPS) is 10.5. The standard InChI is InChI=1S/C17H23N5O2S2/c18-17(21-7-9-25-11-13-15(23)3-1-5-19-13)22-8-10-26-12-14-16(24)4-2-6-20-14/h1-6,23-24H,7-12H2,(H3,18,21,22). The molecule has 140 valence electrons. The van der Waals surface area contributed by atoms with Crippen molar-refractivity contribution in [3.05, 3.63) is 48.0 Å². The molecule has 0 aliphatic carbocycles. The number of hydrogen-bond acceptors (Lipinski definition) is 7. The van der Waals surface area contributed by atoms with Gasteiger partial charge in [-0.15, -0.1) is 0 Å². The van der Waals surface area contributed by atoms with E-state index in [2.05, 4.69) is 20.6 Å². The summed E-state index contributed by atoms with van der Waals surface area (Å²) >= 11 is 3.30. The summed E-state index contributed by atoms with van der Waals surface area (Å²) < 4.78 is 0. The van der Waals surface area contributed by atoms with Crippen LogP contribution in [0.3, 0.4) is 0 Å². The SMILES string of the molecule is N=C(NCCSCc1ncccc1O)NCCSCc1ncccc1O. The Labute approximate surface area is 161 Å². The van der Waals surface area contributed by atoms with Crippen LogP contribution in [0.15, 0.2) is 36.7 Å². The van der Waals surface area contributed by atoms with Crippen molar-refractivity contribution in [1.29, 1.82) is 5.41 Å². The Kier molecular flexibility index (Phi) is 8.91. The molecule has 0 bridgehead atoms. The largest absolute Gasteiger partial charge is 0.506 e. The van der Waals surface area contributed by atoms with Gasteiger partial charge in [-0.05, 0) is 24.3 Å². The maximum Gasteiger partial charge on any atom is 0.188 e. The van der Waals surface area contributed by atoms with E-state index < -0.39 is 0 Å². The van der Waals surface area contributed by atoms with Gasteiger partial charge in [0.15, 0.2) is 5.96 Å². The van der Waals surface area contributed by atoms with Gasteiger partial charge >= 0.3 is 0 Å². The monoisotopic (exact) mass is 393 g/mol. The number of rotatable bonds is 10. The second-order valence-electron chi connectivity index (χ2n) is 5.27. The first-order valence-electron chi connectivity index (χ1n) is 8.14. The second-order valence-corrected chi connectivity index (χ2v) is 7.48. The van der Waals surface area contributed by atoms with E-state index in [9.17, 15) is 10.2 Å². The third-order valence-corrected chi connectivity index (χ3v) is 5.25. The van der Waals surface area contributed by atoms with Crippen LogP contribution in [0.2, 0.25) is 0 Å². The Balaban J connectivity index is 1.48. The van der Waals surface area contributed by atoms with Gasteiger partial charge in [0, 0.05) is 48.5 Å². The minimum atomic E-state index is 0.221. The summed E-state index contributed by atoms with van der Waals surface area (Å²) in [6.45, 7) is 1.33. The molecule has 0 aliphatic rings. The summed E-state index contributed by atoms with van der Waals surface area (Å²) in [7, 11) is 0.